The highest BCUT2D eigenvalue weighted by Crippen LogP contribution is 2.36. The number of benzene rings is 1. The summed E-state index contributed by atoms with van der Waals surface area (Å²) >= 11 is 0. The fourth-order valence-corrected chi connectivity index (χ4v) is 2.84. The van der Waals surface area contributed by atoms with Gasteiger partial charge in [0.25, 0.3) is 0 Å². The van der Waals surface area contributed by atoms with Crippen LogP contribution in [0, 0.1) is 0 Å². The number of amides is 1. The average Bonchev–Trinajstić information content (AvgIpc) is 2.40. The zero-order valence-electron chi connectivity index (χ0n) is 13.4. The molecule has 0 saturated carbocycles. The molecule has 0 aliphatic heterocycles. The average molecular weight is 300 g/mol. The third-order valence-electron chi connectivity index (χ3n) is 3.91. The molecular formula is C18H24N2O2. The number of hydrogen-bond donors (Lipinski definition) is 2. The van der Waals surface area contributed by atoms with E-state index in [1.54, 1.807) is 0 Å². The van der Waals surface area contributed by atoms with Gasteiger partial charge in [-0.15, -0.1) is 0 Å². The topological polar surface area (TPSA) is 78.3 Å². The van der Waals surface area contributed by atoms with Gasteiger partial charge in [0.05, 0.1) is 0 Å². The lowest BCUT2D eigenvalue weighted by atomic mass is 9.76. The predicted octanol–water partition coefficient (Wildman–Crippen LogP) is 3.38. The van der Waals surface area contributed by atoms with Gasteiger partial charge in [0.1, 0.15) is 5.60 Å². The maximum atomic E-state index is 11.0. The Labute approximate surface area is 131 Å². The van der Waals surface area contributed by atoms with Crippen LogP contribution in [0.4, 0.5) is 4.79 Å². The molecule has 1 unspecified atom stereocenters. The van der Waals surface area contributed by atoms with Crippen LogP contribution >= 0.6 is 0 Å². The molecule has 0 radical (unpaired) electrons. The summed E-state index contributed by atoms with van der Waals surface area (Å²) in [5, 5.41) is 0. The first-order valence-corrected chi connectivity index (χ1v) is 7.43. The van der Waals surface area contributed by atoms with E-state index >= 15 is 0 Å². The van der Waals surface area contributed by atoms with Crippen LogP contribution in [0.15, 0.2) is 48.1 Å². The largest absolute Gasteiger partial charge is 0.443 e. The molecule has 0 fully saturated rings. The molecule has 2 rings (SSSR count). The fourth-order valence-electron chi connectivity index (χ4n) is 2.84. The van der Waals surface area contributed by atoms with Crippen molar-refractivity contribution in [1.29, 1.82) is 0 Å². The molecule has 1 amide bonds. The molecule has 0 saturated heterocycles. The summed E-state index contributed by atoms with van der Waals surface area (Å²) in [5.41, 5.74) is 13.9. The van der Waals surface area contributed by atoms with E-state index in [4.69, 9.17) is 16.2 Å². The van der Waals surface area contributed by atoms with E-state index in [0.29, 0.717) is 6.42 Å². The molecule has 4 nitrogen and oxygen atoms in total. The van der Waals surface area contributed by atoms with Crippen molar-refractivity contribution in [3.05, 3.63) is 53.6 Å². The van der Waals surface area contributed by atoms with E-state index in [-0.39, 0.29) is 0 Å². The first-order chi connectivity index (χ1) is 10.2. The Morgan fingerprint density at radius 3 is 2.45 bits per heavy atom. The molecule has 0 aromatic heterocycles. The van der Waals surface area contributed by atoms with E-state index in [1.807, 2.05) is 45.0 Å². The van der Waals surface area contributed by atoms with Crippen molar-refractivity contribution in [2.45, 2.75) is 44.8 Å². The summed E-state index contributed by atoms with van der Waals surface area (Å²) in [7, 11) is 0. The van der Waals surface area contributed by atoms with Crippen LogP contribution in [-0.2, 0) is 4.74 Å². The Hall–Kier alpha value is -2.07. The number of rotatable bonds is 4. The third-order valence-corrected chi connectivity index (χ3v) is 3.91. The highest BCUT2D eigenvalue weighted by Gasteiger charge is 2.33. The van der Waals surface area contributed by atoms with Gasteiger partial charge in [0, 0.05) is 12.0 Å². The normalized spacial score (nSPS) is 21.8. The highest BCUT2D eigenvalue weighted by atomic mass is 16.6. The number of primary amides is 1. The number of carbonyl (C=O) groups excluding carboxylic acids is 1. The summed E-state index contributed by atoms with van der Waals surface area (Å²) in [6.07, 6.45) is 4.68. The van der Waals surface area contributed by atoms with Crippen molar-refractivity contribution in [1.82, 2.24) is 0 Å². The van der Waals surface area contributed by atoms with Crippen LogP contribution in [0.5, 0.6) is 0 Å². The smallest absolute Gasteiger partial charge is 0.405 e. The second-order valence-electron chi connectivity index (χ2n) is 6.70. The number of hydrogen-bond acceptors (Lipinski definition) is 3. The molecule has 1 atom stereocenters. The molecule has 0 heterocycles. The summed E-state index contributed by atoms with van der Waals surface area (Å²) in [6, 6.07) is 10.2. The summed E-state index contributed by atoms with van der Waals surface area (Å²) in [4.78, 5) is 11.0. The molecule has 4 heteroatoms. The molecule has 4 N–H and O–H groups in total. The molecule has 0 spiro atoms. The van der Waals surface area contributed by atoms with Crippen LogP contribution in [0.25, 0.3) is 5.57 Å². The maximum absolute atomic E-state index is 11.0. The molecule has 118 valence electrons. The zero-order valence-corrected chi connectivity index (χ0v) is 13.4. The highest BCUT2D eigenvalue weighted by molar-refractivity contribution is 5.71. The van der Waals surface area contributed by atoms with E-state index in [1.165, 1.54) is 11.1 Å². The standard InChI is InChI=1S/C18H24N2O2/c1-17(2,22-16(19)21)12-15-10-9-14(11-18(15,3)20)13-7-5-4-6-8-13/h4-10H,11-12,20H2,1-3H3,(H2,19,21). The van der Waals surface area contributed by atoms with Gasteiger partial charge in [0.2, 0.25) is 0 Å². The molecule has 0 bridgehead atoms. The van der Waals surface area contributed by atoms with Gasteiger partial charge in [-0.3, -0.25) is 0 Å². The second kappa shape index (κ2) is 5.97. The van der Waals surface area contributed by atoms with E-state index in [0.717, 1.165) is 12.0 Å². The van der Waals surface area contributed by atoms with Crippen molar-refractivity contribution < 1.29 is 9.53 Å². The minimum absolute atomic E-state index is 0.474. The fraction of sp³-hybridized carbons (Fsp3) is 0.389. The van der Waals surface area contributed by atoms with Gasteiger partial charge in [0.15, 0.2) is 0 Å². The Morgan fingerprint density at radius 2 is 1.91 bits per heavy atom. The summed E-state index contributed by atoms with van der Waals surface area (Å²) < 4.78 is 5.17. The van der Waals surface area contributed by atoms with Crippen LogP contribution in [0.2, 0.25) is 0 Å². The van der Waals surface area contributed by atoms with Crippen LogP contribution in [0.1, 0.15) is 39.2 Å². The van der Waals surface area contributed by atoms with E-state index in [9.17, 15) is 4.79 Å². The first-order valence-electron chi connectivity index (χ1n) is 7.43. The minimum Gasteiger partial charge on any atom is -0.443 e. The van der Waals surface area contributed by atoms with Gasteiger partial charge in [-0.1, -0.05) is 42.5 Å². The number of carbonyl (C=O) groups is 1. The lowest BCUT2D eigenvalue weighted by Crippen LogP contribution is -2.43. The molecule has 22 heavy (non-hydrogen) atoms. The molecule has 1 aromatic rings. The maximum Gasteiger partial charge on any atom is 0.405 e. The minimum atomic E-state index is -0.763. The Morgan fingerprint density at radius 1 is 1.27 bits per heavy atom. The van der Waals surface area contributed by atoms with Crippen molar-refractivity contribution >= 4 is 11.7 Å². The van der Waals surface area contributed by atoms with Gasteiger partial charge < -0.3 is 16.2 Å². The van der Waals surface area contributed by atoms with E-state index in [2.05, 4.69) is 18.2 Å². The lowest BCUT2D eigenvalue weighted by molar-refractivity contribution is 0.0438. The van der Waals surface area contributed by atoms with Crippen molar-refractivity contribution in [3.8, 4) is 0 Å². The van der Waals surface area contributed by atoms with E-state index < -0.39 is 17.2 Å². The molecule has 1 aliphatic rings. The van der Waals surface area contributed by atoms with Gasteiger partial charge in [-0.25, -0.2) is 4.79 Å². The second-order valence-corrected chi connectivity index (χ2v) is 6.70. The van der Waals surface area contributed by atoms with Gasteiger partial charge in [-0.2, -0.15) is 0 Å². The predicted molar refractivity (Wildman–Crippen MR) is 89.1 cm³/mol. The monoisotopic (exact) mass is 300 g/mol. The van der Waals surface area contributed by atoms with Crippen molar-refractivity contribution in [3.63, 3.8) is 0 Å². The quantitative estimate of drug-likeness (QED) is 0.894. The number of ether oxygens (including phenoxy) is 1. The molecular weight excluding hydrogens is 276 g/mol. The molecule has 1 aromatic carbocycles. The SMILES string of the molecule is CC(C)(CC1=CC=C(c2ccccc2)CC1(C)N)OC(N)=O. The first kappa shape index (κ1) is 16.3. The van der Waals surface area contributed by atoms with Gasteiger partial charge >= 0.3 is 6.09 Å². The Balaban J connectivity index is 2.23. The summed E-state index contributed by atoms with van der Waals surface area (Å²) in [6.45, 7) is 5.69. The number of allylic oxidation sites excluding steroid dienone is 2. The molecule has 1 aliphatic carbocycles. The summed E-state index contributed by atoms with van der Waals surface area (Å²) in [5.74, 6) is 0. The van der Waals surface area contributed by atoms with Crippen LogP contribution in [-0.4, -0.2) is 17.2 Å². The van der Waals surface area contributed by atoms with Crippen LogP contribution in [0.3, 0.4) is 0 Å². The van der Waals surface area contributed by atoms with Crippen LogP contribution < -0.4 is 11.5 Å². The Kier molecular flexibility index (Phi) is 4.42. The Bertz CT molecular complexity index is 613. The zero-order chi connectivity index (χ0) is 16.4. The van der Waals surface area contributed by atoms with Crippen molar-refractivity contribution in [2.24, 2.45) is 11.5 Å². The number of nitrogens with two attached hydrogens (primary N) is 2. The van der Waals surface area contributed by atoms with Crippen molar-refractivity contribution in [2.75, 3.05) is 0 Å². The van der Waals surface area contributed by atoms with Gasteiger partial charge in [-0.05, 0) is 43.9 Å². The third kappa shape index (κ3) is 3.98. The lowest BCUT2D eigenvalue weighted by Gasteiger charge is -2.36.